The summed E-state index contributed by atoms with van der Waals surface area (Å²) in [6.07, 6.45) is 2.15. The highest BCUT2D eigenvalue weighted by atomic mass is 32.1. The topological polar surface area (TPSA) is 29.9 Å². The van der Waals surface area contributed by atoms with Gasteiger partial charge in [0.05, 0.1) is 22.8 Å². The van der Waals surface area contributed by atoms with E-state index in [1.165, 1.54) is 16.5 Å². The molecule has 0 aliphatic carbocycles. The molecule has 2 heterocycles. The fourth-order valence-corrected chi connectivity index (χ4v) is 3.06. The molecule has 4 heteroatoms. The Hall–Kier alpha value is -1.65. The van der Waals surface area contributed by atoms with Crippen LogP contribution in [0.3, 0.4) is 0 Å². The Morgan fingerprint density at radius 2 is 2.21 bits per heavy atom. The van der Waals surface area contributed by atoms with Gasteiger partial charge in [-0.25, -0.2) is 4.98 Å². The zero-order chi connectivity index (χ0) is 13.2. The third-order valence-corrected chi connectivity index (χ3v) is 4.06. The van der Waals surface area contributed by atoms with Crippen molar-refractivity contribution in [2.45, 2.75) is 20.0 Å². The molecule has 2 aromatic heterocycles. The van der Waals surface area contributed by atoms with E-state index in [2.05, 4.69) is 50.7 Å². The summed E-state index contributed by atoms with van der Waals surface area (Å²) in [6.45, 7) is 3.78. The van der Waals surface area contributed by atoms with Crippen molar-refractivity contribution in [1.29, 1.82) is 0 Å². The minimum Gasteiger partial charge on any atom is -0.341 e. The van der Waals surface area contributed by atoms with E-state index < -0.39 is 0 Å². The van der Waals surface area contributed by atoms with Crippen molar-refractivity contribution in [3.63, 3.8) is 0 Å². The number of nitrogens with one attached hydrogen (secondary N) is 1. The van der Waals surface area contributed by atoms with Crippen molar-refractivity contribution in [3.05, 3.63) is 52.1 Å². The fraction of sp³-hybridized carbons (Fsp3) is 0.267. The Morgan fingerprint density at radius 1 is 1.32 bits per heavy atom. The predicted octanol–water partition coefficient (Wildman–Crippen LogP) is 3.17. The summed E-state index contributed by atoms with van der Waals surface area (Å²) < 4.78 is 2.29. The average molecular weight is 271 g/mol. The van der Waals surface area contributed by atoms with E-state index in [9.17, 15) is 0 Å². The number of rotatable bonds is 4. The quantitative estimate of drug-likeness (QED) is 0.790. The lowest BCUT2D eigenvalue weighted by Gasteiger charge is -2.08. The number of aryl methyl sites for hydroxylation is 1. The molecule has 0 radical (unpaired) electrons. The van der Waals surface area contributed by atoms with Gasteiger partial charge in [-0.1, -0.05) is 18.2 Å². The Labute approximate surface area is 116 Å². The van der Waals surface area contributed by atoms with Crippen molar-refractivity contribution < 1.29 is 0 Å². The normalized spacial score (nSPS) is 11.3. The molecule has 0 saturated heterocycles. The van der Waals surface area contributed by atoms with E-state index >= 15 is 0 Å². The molecule has 0 aliphatic rings. The Balaban J connectivity index is 2.03. The SMILES string of the molecule is CNCc1cccc2ccn(Cc3csc(C)n3)c12. The van der Waals surface area contributed by atoms with Crippen molar-refractivity contribution in [1.82, 2.24) is 14.9 Å². The van der Waals surface area contributed by atoms with Crippen LogP contribution in [0.15, 0.2) is 35.8 Å². The van der Waals surface area contributed by atoms with Crippen molar-refractivity contribution in [2.24, 2.45) is 0 Å². The summed E-state index contributed by atoms with van der Waals surface area (Å²) in [5.74, 6) is 0. The standard InChI is InChI=1S/C15H17N3S/c1-11-17-14(10-19-11)9-18-7-6-12-4-3-5-13(8-16-2)15(12)18/h3-7,10,16H,8-9H2,1-2H3. The molecule has 3 rings (SSSR count). The van der Waals surface area contributed by atoms with Crippen LogP contribution in [-0.4, -0.2) is 16.6 Å². The van der Waals surface area contributed by atoms with E-state index in [1.54, 1.807) is 11.3 Å². The summed E-state index contributed by atoms with van der Waals surface area (Å²) in [6, 6.07) is 8.64. The number of nitrogens with zero attached hydrogens (tertiary/aromatic N) is 2. The largest absolute Gasteiger partial charge is 0.341 e. The molecular weight excluding hydrogens is 254 g/mol. The number of benzene rings is 1. The lowest BCUT2D eigenvalue weighted by molar-refractivity contribution is 0.785. The highest BCUT2D eigenvalue weighted by molar-refractivity contribution is 7.09. The highest BCUT2D eigenvalue weighted by Gasteiger charge is 2.07. The zero-order valence-corrected chi connectivity index (χ0v) is 12.0. The lowest BCUT2D eigenvalue weighted by atomic mass is 10.1. The number of hydrogen-bond acceptors (Lipinski definition) is 3. The van der Waals surface area contributed by atoms with E-state index in [4.69, 9.17) is 0 Å². The van der Waals surface area contributed by atoms with E-state index in [1.807, 2.05) is 14.0 Å². The first kappa shape index (κ1) is 12.4. The first-order valence-corrected chi connectivity index (χ1v) is 7.28. The molecule has 0 amide bonds. The summed E-state index contributed by atoms with van der Waals surface area (Å²) in [4.78, 5) is 4.55. The van der Waals surface area contributed by atoms with Crippen molar-refractivity contribution >= 4 is 22.2 Å². The fourth-order valence-electron chi connectivity index (χ4n) is 2.46. The van der Waals surface area contributed by atoms with Crippen molar-refractivity contribution in [2.75, 3.05) is 7.05 Å². The molecule has 0 unspecified atom stereocenters. The number of para-hydroxylation sites is 1. The first-order chi connectivity index (χ1) is 9.28. The third kappa shape index (κ3) is 2.41. The van der Waals surface area contributed by atoms with E-state index in [0.717, 1.165) is 23.8 Å². The van der Waals surface area contributed by atoms with Crippen LogP contribution in [0.2, 0.25) is 0 Å². The number of aromatic nitrogens is 2. The van der Waals surface area contributed by atoms with Crippen LogP contribution < -0.4 is 5.32 Å². The molecule has 3 aromatic rings. The molecule has 0 bridgehead atoms. The molecule has 19 heavy (non-hydrogen) atoms. The molecule has 1 aromatic carbocycles. The minimum atomic E-state index is 0.842. The van der Waals surface area contributed by atoms with Gasteiger partial charge in [-0.15, -0.1) is 11.3 Å². The Kier molecular flexibility index (Phi) is 3.36. The van der Waals surface area contributed by atoms with Gasteiger partial charge in [0.15, 0.2) is 0 Å². The molecule has 98 valence electrons. The second-order valence-corrected chi connectivity index (χ2v) is 5.75. The van der Waals surface area contributed by atoms with E-state index in [-0.39, 0.29) is 0 Å². The maximum absolute atomic E-state index is 4.55. The molecule has 3 nitrogen and oxygen atoms in total. The Bertz CT molecular complexity index is 696. The number of hydrogen-bond donors (Lipinski definition) is 1. The second kappa shape index (κ2) is 5.15. The van der Waals surface area contributed by atoms with E-state index in [0.29, 0.717) is 0 Å². The smallest absolute Gasteiger partial charge is 0.0898 e. The third-order valence-electron chi connectivity index (χ3n) is 3.24. The molecule has 0 saturated carbocycles. The summed E-state index contributed by atoms with van der Waals surface area (Å²) in [5, 5.41) is 7.79. The zero-order valence-electron chi connectivity index (χ0n) is 11.2. The van der Waals surface area contributed by atoms with Gasteiger partial charge >= 0.3 is 0 Å². The first-order valence-electron chi connectivity index (χ1n) is 6.40. The number of thiazole rings is 1. The van der Waals surface area contributed by atoms with Crippen molar-refractivity contribution in [3.8, 4) is 0 Å². The molecule has 1 N–H and O–H groups in total. The lowest BCUT2D eigenvalue weighted by Crippen LogP contribution is -2.08. The molecule has 0 spiro atoms. The van der Waals surface area contributed by atoms with Gasteiger partial charge in [-0.2, -0.15) is 0 Å². The van der Waals surface area contributed by atoms with Crippen LogP contribution >= 0.6 is 11.3 Å². The van der Waals surface area contributed by atoms with Gasteiger partial charge < -0.3 is 9.88 Å². The van der Waals surface area contributed by atoms with Gasteiger partial charge in [0.2, 0.25) is 0 Å². The molecule has 0 atom stereocenters. The highest BCUT2D eigenvalue weighted by Crippen LogP contribution is 2.22. The molecule has 0 aliphatic heterocycles. The predicted molar refractivity (Wildman–Crippen MR) is 80.7 cm³/mol. The van der Waals surface area contributed by atoms with Crippen LogP contribution in [0.4, 0.5) is 0 Å². The monoisotopic (exact) mass is 271 g/mol. The second-order valence-electron chi connectivity index (χ2n) is 4.69. The van der Waals surface area contributed by atoms with Crippen LogP contribution in [0.1, 0.15) is 16.3 Å². The van der Waals surface area contributed by atoms with Gasteiger partial charge in [-0.05, 0) is 31.0 Å². The summed E-state index contributed by atoms with van der Waals surface area (Å²) in [5.41, 5.74) is 3.78. The van der Waals surface area contributed by atoms with Crippen LogP contribution in [0, 0.1) is 6.92 Å². The summed E-state index contributed by atoms with van der Waals surface area (Å²) >= 11 is 1.71. The molecule has 0 fully saturated rings. The van der Waals surface area contributed by atoms with Gasteiger partial charge in [0, 0.05) is 18.1 Å². The maximum atomic E-state index is 4.55. The van der Waals surface area contributed by atoms with Gasteiger partial charge in [0.25, 0.3) is 0 Å². The Morgan fingerprint density at radius 3 is 2.95 bits per heavy atom. The minimum absolute atomic E-state index is 0.842. The van der Waals surface area contributed by atoms with Gasteiger partial charge in [0.1, 0.15) is 0 Å². The summed E-state index contributed by atoms with van der Waals surface area (Å²) in [7, 11) is 1.98. The van der Waals surface area contributed by atoms with Crippen LogP contribution in [0.5, 0.6) is 0 Å². The maximum Gasteiger partial charge on any atom is 0.0898 e. The average Bonchev–Trinajstić information content (AvgIpc) is 2.98. The molecular formula is C15H17N3S. The van der Waals surface area contributed by atoms with Crippen LogP contribution in [0.25, 0.3) is 10.9 Å². The number of fused-ring (bicyclic) bond motifs is 1. The van der Waals surface area contributed by atoms with Gasteiger partial charge in [-0.3, -0.25) is 0 Å². The van der Waals surface area contributed by atoms with Crippen LogP contribution in [-0.2, 0) is 13.1 Å².